The molecular weight excluding hydrogens is 324 g/mol. The molecule has 2 aromatic heterocycles. The maximum atomic E-state index is 12.3. The average molecular weight is 340 g/mol. The summed E-state index contributed by atoms with van der Waals surface area (Å²) in [5.74, 6) is 1.42. The van der Waals surface area contributed by atoms with E-state index in [-0.39, 0.29) is 12.5 Å². The van der Waals surface area contributed by atoms with Gasteiger partial charge >= 0.3 is 0 Å². The Morgan fingerprint density at radius 2 is 1.84 bits per heavy atom. The first kappa shape index (κ1) is 16.4. The van der Waals surface area contributed by atoms with Crippen LogP contribution in [0.25, 0.3) is 11.5 Å². The van der Waals surface area contributed by atoms with E-state index in [4.69, 9.17) is 13.9 Å². The smallest absolute Gasteiger partial charge is 0.251 e. The van der Waals surface area contributed by atoms with Crippen molar-refractivity contribution in [2.24, 2.45) is 0 Å². The molecule has 1 amide bonds. The van der Waals surface area contributed by atoms with Crippen molar-refractivity contribution in [3.05, 3.63) is 54.2 Å². The number of nitrogens with one attached hydrogen (secondary N) is 1. The highest BCUT2D eigenvalue weighted by atomic mass is 16.5. The molecular formula is C17H16N4O4. The average Bonchev–Trinajstić information content (AvgIpc) is 3.15. The van der Waals surface area contributed by atoms with Gasteiger partial charge in [0.05, 0.1) is 20.8 Å². The molecule has 128 valence electrons. The van der Waals surface area contributed by atoms with Crippen molar-refractivity contribution >= 4 is 5.91 Å². The van der Waals surface area contributed by atoms with Crippen molar-refractivity contribution in [3.8, 4) is 23.0 Å². The molecule has 8 heteroatoms. The standard InChI is InChI=1S/C17H16N4O4/c1-23-13-4-3-12(9-14(13)24-2)16(22)19-10-15-20-21-17(25-15)11-5-7-18-8-6-11/h3-9H,10H2,1-2H3,(H,19,22). The SMILES string of the molecule is COc1ccc(C(=O)NCc2nnc(-c3ccncc3)o2)cc1OC. The van der Waals surface area contributed by atoms with Gasteiger partial charge in [-0.1, -0.05) is 0 Å². The number of aromatic nitrogens is 3. The number of carbonyl (C=O) groups is 1. The largest absolute Gasteiger partial charge is 0.493 e. The number of methoxy groups -OCH3 is 2. The summed E-state index contributed by atoms with van der Waals surface area (Å²) in [4.78, 5) is 16.2. The lowest BCUT2D eigenvalue weighted by atomic mass is 10.2. The number of amides is 1. The van der Waals surface area contributed by atoms with Crippen molar-refractivity contribution < 1.29 is 18.7 Å². The van der Waals surface area contributed by atoms with Gasteiger partial charge in [0.15, 0.2) is 11.5 Å². The maximum Gasteiger partial charge on any atom is 0.251 e. The van der Waals surface area contributed by atoms with Gasteiger partial charge in [-0.15, -0.1) is 10.2 Å². The van der Waals surface area contributed by atoms with Gasteiger partial charge in [0.25, 0.3) is 5.91 Å². The monoisotopic (exact) mass is 340 g/mol. The van der Waals surface area contributed by atoms with Crippen LogP contribution in [0.2, 0.25) is 0 Å². The van der Waals surface area contributed by atoms with Crippen LogP contribution in [0.3, 0.4) is 0 Å². The summed E-state index contributed by atoms with van der Waals surface area (Å²) in [6.45, 7) is 0.116. The van der Waals surface area contributed by atoms with E-state index in [0.717, 1.165) is 5.56 Å². The van der Waals surface area contributed by atoms with Crippen LogP contribution in [-0.2, 0) is 6.54 Å². The summed E-state index contributed by atoms with van der Waals surface area (Å²) >= 11 is 0. The van der Waals surface area contributed by atoms with Crippen molar-refractivity contribution in [2.45, 2.75) is 6.54 Å². The molecule has 25 heavy (non-hydrogen) atoms. The number of benzene rings is 1. The zero-order valence-corrected chi connectivity index (χ0v) is 13.7. The Kier molecular flexibility index (Phi) is 4.89. The molecule has 0 saturated heterocycles. The minimum Gasteiger partial charge on any atom is -0.493 e. The number of hydrogen-bond donors (Lipinski definition) is 1. The molecule has 1 N–H and O–H groups in total. The zero-order valence-electron chi connectivity index (χ0n) is 13.7. The fourth-order valence-electron chi connectivity index (χ4n) is 2.17. The molecule has 1 aromatic carbocycles. The van der Waals surface area contributed by atoms with E-state index in [1.165, 1.54) is 14.2 Å². The molecule has 0 bridgehead atoms. The molecule has 0 aliphatic heterocycles. The molecule has 0 saturated carbocycles. The Bertz CT molecular complexity index is 864. The summed E-state index contributed by atoms with van der Waals surface area (Å²) < 4.78 is 15.9. The van der Waals surface area contributed by atoms with Crippen LogP contribution in [0.15, 0.2) is 47.1 Å². The van der Waals surface area contributed by atoms with Gasteiger partial charge in [0.1, 0.15) is 0 Å². The first-order valence-corrected chi connectivity index (χ1v) is 7.44. The normalized spacial score (nSPS) is 10.3. The van der Waals surface area contributed by atoms with E-state index in [0.29, 0.717) is 28.8 Å². The molecule has 0 radical (unpaired) electrons. The van der Waals surface area contributed by atoms with Crippen LogP contribution in [-0.4, -0.2) is 35.3 Å². The zero-order chi connectivity index (χ0) is 17.6. The Hall–Kier alpha value is -3.42. The molecule has 2 heterocycles. The molecule has 0 spiro atoms. The Morgan fingerprint density at radius 3 is 2.56 bits per heavy atom. The van der Waals surface area contributed by atoms with Crippen molar-refractivity contribution in [3.63, 3.8) is 0 Å². The van der Waals surface area contributed by atoms with E-state index >= 15 is 0 Å². The van der Waals surface area contributed by atoms with Crippen LogP contribution < -0.4 is 14.8 Å². The van der Waals surface area contributed by atoms with Crippen LogP contribution in [0, 0.1) is 0 Å². The quantitative estimate of drug-likeness (QED) is 0.733. The minimum absolute atomic E-state index is 0.116. The molecule has 0 aliphatic rings. The molecule has 8 nitrogen and oxygen atoms in total. The van der Waals surface area contributed by atoms with Gasteiger partial charge < -0.3 is 19.2 Å². The lowest BCUT2D eigenvalue weighted by Gasteiger charge is -2.09. The van der Waals surface area contributed by atoms with Crippen molar-refractivity contribution in [2.75, 3.05) is 14.2 Å². The summed E-state index contributed by atoms with van der Waals surface area (Å²) in [6, 6.07) is 8.44. The fourth-order valence-corrected chi connectivity index (χ4v) is 2.17. The predicted molar refractivity (Wildman–Crippen MR) is 88.2 cm³/mol. The third kappa shape index (κ3) is 3.74. The van der Waals surface area contributed by atoms with Gasteiger partial charge in [-0.3, -0.25) is 9.78 Å². The van der Waals surface area contributed by atoms with Gasteiger partial charge in [-0.2, -0.15) is 0 Å². The second-order valence-electron chi connectivity index (χ2n) is 4.99. The van der Waals surface area contributed by atoms with Gasteiger partial charge in [-0.25, -0.2) is 0 Å². The molecule has 3 rings (SSSR count). The number of ether oxygens (including phenoxy) is 2. The Balaban J connectivity index is 1.66. The van der Waals surface area contributed by atoms with Crippen molar-refractivity contribution in [1.29, 1.82) is 0 Å². The summed E-state index contributed by atoms with van der Waals surface area (Å²) in [5.41, 5.74) is 1.20. The molecule has 3 aromatic rings. The Labute approximate surface area is 143 Å². The topological polar surface area (TPSA) is 99.4 Å². The number of rotatable bonds is 6. The van der Waals surface area contributed by atoms with Crippen LogP contribution in [0.1, 0.15) is 16.2 Å². The lowest BCUT2D eigenvalue weighted by Crippen LogP contribution is -2.23. The highest BCUT2D eigenvalue weighted by molar-refractivity contribution is 5.94. The summed E-state index contributed by atoms with van der Waals surface area (Å²) in [6.07, 6.45) is 3.27. The number of hydrogen-bond acceptors (Lipinski definition) is 7. The minimum atomic E-state index is -0.287. The van der Waals surface area contributed by atoms with E-state index in [2.05, 4.69) is 20.5 Å². The van der Waals surface area contributed by atoms with Gasteiger partial charge in [-0.05, 0) is 30.3 Å². The van der Waals surface area contributed by atoms with E-state index < -0.39 is 0 Å². The van der Waals surface area contributed by atoms with Crippen molar-refractivity contribution in [1.82, 2.24) is 20.5 Å². The second-order valence-corrected chi connectivity index (χ2v) is 4.99. The van der Waals surface area contributed by atoms with Crippen LogP contribution in [0.4, 0.5) is 0 Å². The molecule has 0 aliphatic carbocycles. The first-order valence-electron chi connectivity index (χ1n) is 7.44. The molecule has 0 atom stereocenters. The summed E-state index contributed by atoms with van der Waals surface area (Å²) in [7, 11) is 3.05. The van der Waals surface area contributed by atoms with Gasteiger partial charge in [0, 0.05) is 23.5 Å². The van der Waals surface area contributed by atoms with Crippen LogP contribution in [0.5, 0.6) is 11.5 Å². The Morgan fingerprint density at radius 1 is 1.08 bits per heavy atom. The third-order valence-electron chi connectivity index (χ3n) is 3.44. The highest BCUT2D eigenvalue weighted by Crippen LogP contribution is 2.27. The van der Waals surface area contributed by atoms with E-state index in [1.807, 2.05) is 0 Å². The molecule has 0 unspecified atom stereocenters. The summed E-state index contributed by atoms with van der Waals surface area (Å²) in [5, 5.41) is 10.6. The highest BCUT2D eigenvalue weighted by Gasteiger charge is 2.13. The molecule has 0 fully saturated rings. The van der Waals surface area contributed by atoms with Gasteiger partial charge in [0.2, 0.25) is 11.8 Å². The van der Waals surface area contributed by atoms with Crippen LogP contribution >= 0.6 is 0 Å². The maximum absolute atomic E-state index is 12.3. The van der Waals surface area contributed by atoms with E-state index in [1.54, 1.807) is 42.7 Å². The fraction of sp³-hybridized carbons (Fsp3) is 0.176. The van der Waals surface area contributed by atoms with E-state index in [9.17, 15) is 4.79 Å². The third-order valence-corrected chi connectivity index (χ3v) is 3.44. The number of pyridine rings is 1. The number of nitrogens with zero attached hydrogens (tertiary/aromatic N) is 3. The first-order chi connectivity index (χ1) is 12.2. The predicted octanol–water partition coefficient (Wildman–Crippen LogP) is 2.08. The number of carbonyl (C=O) groups excluding carboxylic acids is 1. The second kappa shape index (κ2) is 7.43. The lowest BCUT2D eigenvalue weighted by molar-refractivity contribution is 0.0947.